The molecular formula is C23H39N5O2S. The molecule has 4 heterocycles. The van der Waals surface area contributed by atoms with Crippen molar-refractivity contribution in [3.05, 3.63) is 11.1 Å². The van der Waals surface area contributed by atoms with Gasteiger partial charge in [-0.1, -0.05) is 0 Å². The molecule has 3 aliphatic rings. The molecule has 3 saturated heterocycles. The standard InChI is InChI=1S/C23H39N5O2S/c1-2-24-22(25-11-8-19-18-31-23(26-19)28-12-4-5-13-28)27-14-9-20(10-15-27)30-17-21-7-3-6-16-29-21/h18,20-21H,2-17H2,1H3,(H,24,25). The van der Waals surface area contributed by atoms with Crippen molar-refractivity contribution in [2.45, 2.75) is 70.5 Å². The zero-order chi connectivity index (χ0) is 21.3. The van der Waals surface area contributed by atoms with Crippen LogP contribution in [0.4, 0.5) is 5.13 Å². The molecule has 1 atom stereocenters. The van der Waals surface area contributed by atoms with Crippen LogP contribution in [-0.2, 0) is 15.9 Å². The molecule has 7 nitrogen and oxygen atoms in total. The minimum Gasteiger partial charge on any atom is -0.376 e. The highest BCUT2D eigenvalue weighted by Gasteiger charge is 2.24. The molecule has 0 aliphatic carbocycles. The molecule has 3 aliphatic heterocycles. The van der Waals surface area contributed by atoms with Crippen LogP contribution in [-0.4, -0.2) is 80.5 Å². The molecule has 8 heteroatoms. The lowest BCUT2D eigenvalue weighted by molar-refractivity contribution is -0.0721. The summed E-state index contributed by atoms with van der Waals surface area (Å²) < 4.78 is 12.0. The van der Waals surface area contributed by atoms with Gasteiger partial charge in [0.1, 0.15) is 0 Å². The average molecular weight is 450 g/mol. The quantitative estimate of drug-likeness (QED) is 0.485. The normalized spacial score (nSPS) is 23.5. The predicted molar refractivity (Wildman–Crippen MR) is 127 cm³/mol. The highest BCUT2D eigenvalue weighted by molar-refractivity contribution is 7.13. The molecule has 1 aromatic heterocycles. The number of rotatable bonds is 8. The van der Waals surface area contributed by atoms with Crippen LogP contribution in [0.2, 0.25) is 0 Å². The number of guanidine groups is 1. The van der Waals surface area contributed by atoms with Gasteiger partial charge in [0.2, 0.25) is 0 Å². The Morgan fingerprint density at radius 1 is 1.19 bits per heavy atom. The van der Waals surface area contributed by atoms with Crippen molar-refractivity contribution in [2.75, 3.05) is 57.4 Å². The second kappa shape index (κ2) is 12.0. The summed E-state index contributed by atoms with van der Waals surface area (Å²) in [5.41, 5.74) is 1.17. The molecule has 1 aromatic rings. The lowest BCUT2D eigenvalue weighted by atomic mass is 10.1. The van der Waals surface area contributed by atoms with Gasteiger partial charge in [0.25, 0.3) is 0 Å². The van der Waals surface area contributed by atoms with E-state index in [-0.39, 0.29) is 0 Å². The maximum absolute atomic E-state index is 6.17. The van der Waals surface area contributed by atoms with Crippen molar-refractivity contribution in [1.82, 2.24) is 15.2 Å². The van der Waals surface area contributed by atoms with Crippen LogP contribution in [0.1, 0.15) is 57.6 Å². The number of piperidine rings is 1. The first kappa shape index (κ1) is 22.8. The number of nitrogens with zero attached hydrogens (tertiary/aromatic N) is 4. The van der Waals surface area contributed by atoms with Crippen molar-refractivity contribution >= 4 is 22.4 Å². The van der Waals surface area contributed by atoms with E-state index in [0.717, 1.165) is 84.1 Å². The number of hydrogen-bond donors (Lipinski definition) is 1. The fraction of sp³-hybridized carbons (Fsp3) is 0.826. The van der Waals surface area contributed by atoms with Crippen LogP contribution in [0.5, 0.6) is 0 Å². The first-order chi connectivity index (χ1) is 15.3. The molecule has 0 spiro atoms. The summed E-state index contributed by atoms with van der Waals surface area (Å²) in [5, 5.41) is 6.86. The van der Waals surface area contributed by atoms with E-state index in [1.54, 1.807) is 11.3 Å². The summed E-state index contributed by atoms with van der Waals surface area (Å²) in [4.78, 5) is 14.5. The van der Waals surface area contributed by atoms with Crippen molar-refractivity contribution in [2.24, 2.45) is 4.99 Å². The van der Waals surface area contributed by atoms with Gasteiger partial charge in [0.05, 0.1) is 24.5 Å². The third-order valence-electron chi connectivity index (χ3n) is 6.41. The number of likely N-dealkylation sites (tertiary alicyclic amines) is 1. The van der Waals surface area contributed by atoms with E-state index in [2.05, 4.69) is 27.4 Å². The second-order valence-electron chi connectivity index (χ2n) is 8.81. The van der Waals surface area contributed by atoms with Gasteiger partial charge in [-0.15, -0.1) is 11.3 Å². The second-order valence-corrected chi connectivity index (χ2v) is 9.65. The average Bonchev–Trinajstić information content (AvgIpc) is 3.50. The number of nitrogens with one attached hydrogen (secondary N) is 1. The highest BCUT2D eigenvalue weighted by atomic mass is 32.1. The molecule has 174 valence electrons. The van der Waals surface area contributed by atoms with Crippen molar-refractivity contribution in [3.63, 3.8) is 0 Å². The van der Waals surface area contributed by atoms with Gasteiger partial charge in [-0.25, -0.2) is 4.98 Å². The van der Waals surface area contributed by atoms with E-state index in [4.69, 9.17) is 19.5 Å². The van der Waals surface area contributed by atoms with Crippen LogP contribution in [0.3, 0.4) is 0 Å². The van der Waals surface area contributed by atoms with Crippen molar-refractivity contribution < 1.29 is 9.47 Å². The third kappa shape index (κ3) is 6.80. The van der Waals surface area contributed by atoms with E-state index >= 15 is 0 Å². The predicted octanol–water partition coefficient (Wildman–Crippen LogP) is 3.30. The first-order valence-corrected chi connectivity index (χ1v) is 13.2. The molecule has 0 saturated carbocycles. The lowest BCUT2D eigenvalue weighted by Crippen LogP contribution is -2.47. The molecular weight excluding hydrogens is 410 g/mol. The number of hydrogen-bond acceptors (Lipinski definition) is 6. The van der Waals surface area contributed by atoms with Gasteiger partial charge in [0.15, 0.2) is 11.1 Å². The summed E-state index contributed by atoms with van der Waals surface area (Å²) in [7, 11) is 0. The van der Waals surface area contributed by atoms with E-state index in [1.807, 2.05) is 0 Å². The molecule has 0 radical (unpaired) electrons. The van der Waals surface area contributed by atoms with E-state index < -0.39 is 0 Å². The molecule has 1 N–H and O–H groups in total. The van der Waals surface area contributed by atoms with Gasteiger partial charge in [-0.05, 0) is 51.9 Å². The molecule has 1 unspecified atom stereocenters. The summed E-state index contributed by atoms with van der Waals surface area (Å²) in [6.45, 7) is 9.77. The van der Waals surface area contributed by atoms with Crippen molar-refractivity contribution in [3.8, 4) is 0 Å². The van der Waals surface area contributed by atoms with Crippen LogP contribution in [0.25, 0.3) is 0 Å². The third-order valence-corrected chi connectivity index (χ3v) is 7.36. The maximum atomic E-state index is 6.17. The van der Waals surface area contributed by atoms with E-state index in [0.29, 0.717) is 12.2 Å². The number of ether oxygens (including phenoxy) is 2. The molecule has 0 bridgehead atoms. The smallest absolute Gasteiger partial charge is 0.193 e. The van der Waals surface area contributed by atoms with Gasteiger partial charge in [-0.3, -0.25) is 4.99 Å². The highest BCUT2D eigenvalue weighted by Crippen LogP contribution is 2.24. The monoisotopic (exact) mass is 449 g/mol. The summed E-state index contributed by atoms with van der Waals surface area (Å²) in [6, 6.07) is 0. The molecule has 31 heavy (non-hydrogen) atoms. The van der Waals surface area contributed by atoms with Crippen LogP contribution < -0.4 is 10.2 Å². The van der Waals surface area contributed by atoms with E-state index in [9.17, 15) is 0 Å². The van der Waals surface area contributed by atoms with Gasteiger partial charge in [-0.2, -0.15) is 0 Å². The zero-order valence-electron chi connectivity index (χ0n) is 19.1. The van der Waals surface area contributed by atoms with Crippen LogP contribution in [0.15, 0.2) is 10.4 Å². The Morgan fingerprint density at radius 3 is 2.77 bits per heavy atom. The largest absolute Gasteiger partial charge is 0.376 e. The molecule has 4 rings (SSSR count). The minimum atomic E-state index is 0.308. The van der Waals surface area contributed by atoms with Gasteiger partial charge in [0, 0.05) is 57.7 Å². The topological polar surface area (TPSA) is 62.2 Å². The van der Waals surface area contributed by atoms with Crippen LogP contribution in [0, 0.1) is 0 Å². The number of aliphatic imine (C=N–C) groups is 1. The Bertz CT molecular complexity index is 677. The Morgan fingerprint density at radius 2 is 2.03 bits per heavy atom. The Hall–Kier alpha value is -1.38. The van der Waals surface area contributed by atoms with Gasteiger partial charge >= 0.3 is 0 Å². The molecule has 0 amide bonds. The zero-order valence-corrected chi connectivity index (χ0v) is 19.9. The first-order valence-electron chi connectivity index (χ1n) is 12.3. The summed E-state index contributed by atoms with van der Waals surface area (Å²) in [5.74, 6) is 1.03. The van der Waals surface area contributed by atoms with E-state index in [1.165, 1.54) is 36.5 Å². The van der Waals surface area contributed by atoms with Gasteiger partial charge < -0.3 is 24.6 Å². The number of anilines is 1. The Labute approximate surface area is 191 Å². The fourth-order valence-corrected chi connectivity index (χ4v) is 5.50. The summed E-state index contributed by atoms with van der Waals surface area (Å²) >= 11 is 1.78. The number of aromatic nitrogens is 1. The summed E-state index contributed by atoms with van der Waals surface area (Å²) in [6.07, 6.45) is 9.88. The Kier molecular flexibility index (Phi) is 8.84. The van der Waals surface area contributed by atoms with Crippen molar-refractivity contribution in [1.29, 1.82) is 0 Å². The minimum absolute atomic E-state index is 0.308. The fourth-order valence-electron chi connectivity index (χ4n) is 4.58. The molecule has 3 fully saturated rings. The SMILES string of the molecule is CCNC(=NCCc1csc(N2CCCC2)n1)N1CCC(OCC2CCCCO2)CC1. The Balaban J connectivity index is 1.20. The lowest BCUT2D eigenvalue weighted by Gasteiger charge is -2.35. The maximum Gasteiger partial charge on any atom is 0.193 e. The van der Waals surface area contributed by atoms with Crippen LogP contribution >= 0.6 is 11.3 Å². The molecule has 0 aromatic carbocycles. The number of thiazole rings is 1.